The summed E-state index contributed by atoms with van der Waals surface area (Å²) in [6, 6.07) is 22.6. The van der Waals surface area contributed by atoms with Crippen LogP contribution in [0.5, 0.6) is 0 Å². The molecular weight excluding hydrogens is 503 g/mol. The van der Waals surface area contributed by atoms with Crippen molar-refractivity contribution in [2.24, 2.45) is 5.92 Å². The monoisotopic (exact) mass is 544 g/mol. The molecule has 4 nitrogen and oxygen atoms in total. The number of likely N-dealkylation sites (tertiary alicyclic amines) is 1. The first kappa shape index (κ1) is 27.9. The smallest absolute Gasteiger partial charge is 0.213 e. The maximum Gasteiger partial charge on any atom is 0.213 e. The number of hydrogen-bond acceptors (Lipinski definition) is 4. The highest BCUT2D eigenvalue weighted by Gasteiger charge is 2.28. The summed E-state index contributed by atoms with van der Waals surface area (Å²) in [6.45, 7) is 5.14. The predicted molar refractivity (Wildman–Crippen MR) is 161 cm³/mol. The van der Waals surface area contributed by atoms with Crippen molar-refractivity contribution in [1.82, 2.24) is 19.8 Å². The summed E-state index contributed by atoms with van der Waals surface area (Å²) >= 11 is 4.08. The van der Waals surface area contributed by atoms with E-state index in [2.05, 4.69) is 62.9 Å². The topological polar surface area (TPSA) is 35.2 Å². The Labute approximate surface area is 238 Å². The van der Waals surface area contributed by atoms with E-state index in [1.807, 2.05) is 36.4 Å². The molecule has 1 saturated carbocycles. The number of rotatable bonds is 7. The molecule has 206 valence electrons. The van der Waals surface area contributed by atoms with Gasteiger partial charge in [-0.1, -0.05) is 55.7 Å². The minimum Gasteiger partial charge on any atom is -0.361 e. The van der Waals surface area contributed by atoms with E-state index in [1.165, 1.54) is 74.5 Å². The maximum atomic E-state index is 13.8. The minimum atomic E-state index is -0.393. The second kappa shape index (κ2) is 14.1. The van der Waals surface area contributed by atoms with Gasteiger partial charge in [-0.05, 0) is 79.6 Å². The van der Waals surface area contributed by atoms with Crippen LogP contribution in [-0.2, 0) is 13.1 Å². The van der Waals surface area contributed by atoms with Gasteiger partial charge < -0.3 is 9.88 Å². The molecule has 1 N–H and O–H groups in total. The molecule has 2 aromatic carbocycles. The Hall–Kier alpha value is -2.67. The molecule has 1 aliphatic heterocycles. The largest absolute Gasteiger partial charge is 0.361 e. The van der Waals surface area contributed by atoms with Crippen molar-refractivity contribution in [2.75, 3.05) is 19.6 Å². The number of aromatic nitrogens is 2. The van der Waals surface area contributed by atoms with Crippen LogP contribution in [0.1, 0.15) is 56.1 Å². The molecular formula is C33H41FN4S. The fraction of sp³-hybridized carbons (Fsp3) is 0.424. The summed E-state index contributed by atoms with van der Waals surface area (Å²) in [5.41, 5.74) is 3.49. The first-order valence-corrected chi connectivity index (χ1v) is 14.9. The molecule has 1 aliphatic carbocycles. The van der Waals surface area contributed by atoms with Crippen molar-refractivity contribution >= 4 is 23.5 Å². The van der Waals surface area contributed by atoms with Crippen LogP contribution in [0, 0.1) is 11.9 Å². The van der Waals surface area contributed by atoms with Gasteiger partial charge in [-0.3, -0.25) is 4.90 Å². The molecule has 0 amide bonds. The third kappa shape index (κ3) is 8.17. The van der Waals surface area contributed by atoms with Crippen molar-refractivity contribution in [2.45, 2.75) is 69.0 Å². The Bertz CT molecular complexity index is 1290. The Morgan fingerprint density at radius 2 is 1.72 bits per heavy atom. The van der Waals surface area contributed by atoms with Crippen LogP contribution in [-0.4, -0.2) is 45.4 Å². The number of nitrogens with zero attached hydrogens (tertiary/aromatic N) is 3. The van der Waals surface area contributed by atoms with Gasteiger partial charge in [0.15, 0.2) is 0 Å². The Morgan fingerprint density at radius 1 is 0.923 bits per heavy atom. The van der Waals surface area contributed by atoms with E-state index in [4.69, 9.17) is 0 Å². The SMILES string of the molecule is Fc1cc(CN(Cc2c[nH]c3ccccc23)CC2CCCN(C3CCCCC3)C2)ccn1.Sc1ccccc1. The Kier molecular flexibility index (Phi) is 10.1. The molecule has 39 heavy (non-hydrogen) atoms. The average molecular weight is 545 g/mol. The number of halogens is 1. The number of nitrogens with one attached hydrogen (secondary N) is 1. The molecule has 1 unspecified atom stereocenters. The summed E-state index contributed by atoms with van der Waals surface area (Å²) in [5.74, 6) is 0.276. The van der Waals surface area contributed by atoms with Crippen LogP contribution < -0.4 is 0 Å². The van der Waals surface area contributed by atoms with Crippen molar-refractivity contribution in [3.8, 4) is 0 Å². The molecule has 2 aromatic heterocycles. The van der Waals surface area contributed by atoms with Crippen molar-refractivity contribution < 1.29 is 4.39 Å². The van der Waals surface area contributed by atoms with E-state index in [1.54, 1.807) is 12.3 Å². The van der Waals surface area contributed by atoms with Crippen molar-refractivity contribution in [3.63, 3.8) is 0 Å². The highest BCUT2D eigenvalue weighted by Crippen LogP contribution is 2.28. The number of thiol groups is 1. The molecule has 0 spiro atoms. The maximum absolute atomic E-state index is 13.8. The summed E-state index contributed by atoms with van der Waals surface area (Å²) in [4.78, 5) is 13.5. The number of aromatic amines is 1. The summed E-state index contributed by atoms with van der Waals surface area (Å²) < 4.78 is 13.8. The second-order valence-corrected chi connectivity index (χ2v) is 11.7. The molecule has 6 heteroatoms. The highest BCUT2D eigenvalue weighted by atomic mass is 32.1. The number of H-pyrrole nitrogens is 1. The number of para-hydroxylation sites is 1. The molecule has 0 bridgehead atoms. The van der Waals surface area contributed by atoms with Crippen LogP contribution in [0.3, 0.4) is 0 Å². The number of benzene rings is 2. The second-order valence-electron chi connectivity index (χ2n) is 11.1. The first-order valence-electron chi connectivity index (χ1n) is 14.5. The predicted octanol–water partition coefficient (Wildman–Crippen LogP) is 7.72. The van der Waals surface area contributed by atoms with E-state index in [-0.39, 0.29) is 0 Å². The lowest BCUT2D eigenvalue weighted by molar-refractivity contribution is 0.0772. The zero-order chi connectivity index (χ0) is 26.9. The minimum absolute atomic E-state index is 0.393. The van der Waals surface area contributed by atoms with Gasteiger partial charge >= 0.3 is 0 Å². The lowest BCUT2D eigenvalue weighted by atomic mass is 9.90. The number of piperidine rings is 1. The molecule has 4 aromatic rings. The molecule has 6 rings (SSSR count). The van der Waals surface area contributed by atoms with Gasteiger partial charge in [0, 0.05) is 60.4 Å². The third-order valence-corrected chi connectivity index (χ3v) is 8.48. The third-order valence-electron chi connectivity index (χ3n) is 8.18. The normalized spacial score (nSPS) is 18.7. The summed E-state index contributed by atoms with van der Waals surface area (Å²) in [5, 5.41) is 1.28. The Balaban J connectivity index is 0.000000384. The summed E-state index contributed by atoms with van der Waals surface area (Å²) in [6.07, 6.45) is 13.3. The van der Waals surface area contributed by atoms with E-state index in [0.717, 1.165) is 36.1 Å². The van der Waals surface area contributed by atoms with E-state index in [0.29, 0.717) is 5.92 Å². The molecule has 3 heterocycles. The number of pyridine rings is 1. The highest BCUT2D eigenvalue weighted by molar-refractivity contribution is 7.80. The van der Waals surface area contributed by atoms with E-state index in [9.17, 15) is 4.39 Å². The fourth-order valence-corrected chi connectivity index (χ4v) is 6.48. The number of hydrogen-bond donors (Lipinski definition) is 2. The molecule has 2 aliphatic rings. The van der Waals surface area contributed by atoms with Crippen LogP contribution in [0.25, 0.3) is 10.9 Å². The van der Waals surface area contributed by atoms with Crippen LogP contribution in [0.4, 0.5) is 4.39 Å². The zero-order valence-electron chi connectivity index (χ0n) is 22.8. The zero-order valence-corrected chi connectivity index (χ0v) is 23.7. The van der Waals surface area contributed by atoms with Gasteiger partial charge in [0.1, 0.15) is 0 Å². The standard InChI is InChI=1S/C27H35FN4.C6H6S/c28-27-15-21(12-13-29-27)17-31(20-23-16-30-26-11-5-4-10-25(23)26)18-22-7-6-14-32(19-22)24-8-2-1-3-9-24;7-6-4-2-1-3-5-6/h4-5,10-13,15-16,22,24,30H,1-3,6-9,14,17-20H2;1-5,7H. The molecule has 0 radical (unpaired) electrons. The van der Waals surface area contributed by atoms with Gasteiger partial charge in [0.05, 0.1) is 0 Å². The van der Waals surface area contributed by atoms with Crippen molar-refractivity contribution in [3.05, 3.63) is 96.2 Å². The van der Waals surface area contributed by atoms with Crippen LogP contribution in [0.15, 0.2) is 84.0 Å². The Morgan fingerprint density at radius 3 is 2.49 bits per heavy atom. The lowest BCUT2D eigenvalue weighted by Gasteiger charge is -2.41. The van der Waals surface area contributed by atoms with E-state index >= 15 is 0 Å². The van der Waals surface area contributed by atoms with Gasteiger partial charge in [-0.15, -0.1) is 12.6 Å². The van der Waals surface area contributed by atoms with Crippen LogP contribution in [0.2, 0.25) is 0 Å². The van der Waals surface area contributed by atoms with Gasteiger partial charge in [-0.25, -0.2) is 4.98 Å². The molecule has 2 fully saturated rings. The number of fused-ring (bicyclic) bond motifs is 1. The lowest BCUT2D eigenvalue weighted by Crippen LogP contribution is -2.46. The molecule has 1 saturated heterocycles. The van der Waals surface area contributed by atoms with Gasteiger partial charge in [-0.2, -0.15) is 4.39 Å². The van der Waals surface area contributed by atoms with Gasteiger partial charge in [0.25, 0.3) is 0 Å². The van der Waals surface area contributed by atoms with Gasteiger partial charge in [0.2, 0.25) is 5.95 Å². The van der Waals surface area contributed by atoms with Crippen molar-refractivity contribution in [1.29, 1.82) is 0 Å². The quantitative estimate of drug-likeness (QED) is 0.185. The van der Waals surface area contributed by atoms with E-state index < -0.39 is 5.95 Å². The fourth-order valence-electron chi connectivity index (χ4n) is 6.30. The summed E-state index contributed by atoms with van der Waals surface area (Å²) in [7, 11) is 0. The average Bonchev–Trinajstić information content (AvgIpc) is 3.37. The van der Waals surface area contributed by atoms with Crippen LogP contribution >= 0.6 is 12.6 Å². The molecule has 1 atom stereocenters. The first-order chi connectivity index (χ1) is 19.1.